The first-order chi connectivity index (χ1) is 15.3. The van der Waals surface area contributed by atoms with Gasteiger partial charge in [0, 0.05) is 17.3 Å². The van der Waals surface area contributed by atoms with Crippen molar-refractivity contribution in [2.24, 2.45) is 0 Å². The van der Waals surface area contributed by atoms with Gasteiger partial charge >= 0.3 is 0 Å². The first kappa shape index (κ1) is 24.1. The van der Waals surface area contributed by atoms with Gasteiger partial charge in [-0.2, -0.15) is 16.5 Å². The third-order valence-electron chi connectivity index (χ3n) is 4.90. The lowest BCUT2D eigenvalue weighted by Crippen LogP contribution is -2.44. The van der Waals surface area contributed by atoms with Crippen molar-refractivity contribution in [3.05, 3.63) is 54.1 Å². The van der Waals surface area contributed by atoms with Crippen LogP contribution in [0.5, 0.6) is 5.75 Å². The molecule has 32 heavy (non-hydrogen) atoms. The van der Waals surface area contributed by atoms with Gasteiger partial charge in [0.25, 0.3) is 5.91 Å². The minimum Gasteiger partial charge on any atom is -0.497 e. The molecular weight excluding hydrogens is 450 g/mol. The average molecular weight is 478 g/mol. The predicted octanol–water partition coefficient (Wildman–Crippen LogP) is 2.63. The molecule has 172 valence electrons. The van der Waals surface area contributed by atoms with Crippen molar-refractivity contribution in [1.82, 2.24) is 10.0 Å². The average Bonchev–Trinajstić information content (AvgIpc) is 3.60. The third-order valence-corrected chi connectivity index (χ3v) is 7.03. The van der Waals surface area contributed by atoms with Gasteiger partial charge in [0.05, 0.1) is 12.0 Å². The lowest BCUT2D eigenvalue weighted by molar-refractivity contribution is -0.117. The molecule has 8 nitrogen and oxygen atoms in total. The van der Waals surface area contributed by atoms with Gasteiger partial charge in [-0.25, -0.2) is 8.42 Å². The molecule has 2 aromatic carbocycles. The highest BCUT2D eigenvalue weighted by molar-refractivity contribution is 7.98. The van der Waals surface area contributed by atoms with Crippen LogP contribution in [0.2, 0.25) is 0 Å². The molecule has 3 rings (SSSR count). The molecule has 0 aromatic heterocycles. The standard InChI is InChI=1S/C22H27N3O5S2/c1-30-18-8-10-19(11-9-18)32(28,29)25-20(12-13-31-2)22(27)24-17-5-3-4-15(14-17)21(26)23-16-6-7-16/h3-5,8-11,14,16,20,25H,6-7,12-13H2,1-2H3,(H,23,26)(H,24,27). The van der Waals surface area contributed by atoms with Crippen molar-refractivity contribution >= 4 is 39.3 Å². The molecule has 1 atom stereocenters. The number of thioether (sulfide) groups is 1. The SMILES string of the molecule is COc1ccc(S(=O)(=O)NC(CCSC)C(=O)Nc2cccc(C(=O)NC3CC3)c2)cc1. The third kappa shape index (κ3) is 6.72. The van der Waals surface area contributed by atoms with E-state index in [9.17, 15) is 18.0 Å². The van der Waals surface area contributed by atoms with Crippen LogP contribution in [0.25, 0.3) is 0 Å². The molecule has 0 spiro atoms. The first-order valence-corrected chi connectivity index (χ1v) is 13.1. The lowest BCUT2D eigenvalue weighted by atomic mass is 10.1. The Labute approximate surface area is 192 Å². The molecule has 1 fully saturated rings. The maximum Gasteiger partial charge on any atom is 0.251 e. The number of sulfonamides is 1. The number of amides is 2. The van der Waals surface area contributed by atoms with Crippen LogP contribution in [0.4, 0.5) is 5.69 Å². The zero-order valence-corrected chi connectivity index (χ0v) is 19.6. The van der Waals surface area contributed by atoms with E-state index in [1.807, 2.05) is 6.26 Å². The highest BCUT2D eigenvalue weighted by Gasteiger charge is 2.26. The van der Waals surface area contributed by atoms with Gasteiger partial charge in [0.15, 0.2) is 0 Å². The van der Waals surface area contributed by atoms with Crippen LogP contribution in [0.15, 0.2) is 53.4 Å². The summed E-state index contributed by atoms with van der Waals surface area (Å²) in [5.74, 6) is 0.442. The summed E-state index contributed by atoms with van der Waals surface area (Å²) in [4.78, 5) is 25.2. The number of rotatable bonds is 11. The summed E-state index contributed by atoms with van der Waals surface area (Å²) in [6.07, 6.45) is 4.15. The fourth-order valence-electron chi connectivity index (χ4n) is 2.95. The molecule has 0 radical (unpaired) electrons. The molecular formula is C22H27N3O5S2. The van der Waals surface area contributed by atoms with E-state index in [4.69, 9.17) is 4.74 Å². The fourth-order valence-corrected chi connectivity index (χ4v) is 4.65. The lowest BCUT2D eigenvalue weighted by Gasteiger charge is -2.18. The molecule has 1 unspecified atom stereocenters. The van der Waals surface area contributed by atoms with Gasteiger partial charge in [0.1, 0.15) is 11.8 Å². The molecule has 0 heterocycles. The van der Waals surface area contributed by atoms with Gasteiger partial charge in [-0.15, -0.1) is 0 Å². The fraction of sp³-hybridized carbons (Fsp3) is 0.364. The largest absolute Gasteiger partial charge is 0.497 e. The van der Waals surface area contributed by atoms with E-state index in [2.05, 4.69) is 15.4 Å². The van der Waals surface area contributed by atoms with Gasteiger partial charge in [-0.1, -0.05) is 6.07 Å². The van der Waals surface area contributed by atoms with Crippen LogP contribution in [-0.4, -0.2) is 51.4 Å². The maximum absolute atomic E-state index is 12.9. The van der Waals surface area contributed by atoms with E-state index < -0.39 is 22.0 Å². The van der Waals surface area contributed by atoms with Crippen LogP contribution >= 0.6 is 11.8 Å². The molecule has 10 heteroatoms. The van der Waals surface area contributed by atoms with Gasteiger partial charge in [-0.3, -0.25) is 9.59 Å². The second-order valence-corrected chi connectivity index (χ2v) is 10.1. The summed E-state index contributed by atoms with van der Waals surface area (Å²) in [7, 11) is -2.42. The van der Waals surface area contributed by atoms with Crippen molar-refractivity contribution in [2.45, 2.75) is 36.2 Å². The smallest absolute Gasteiger partial charge is 0.251 e. The Morgan fingerprint density at radius 2 is 1.88 bits per heavy atom. The minimum atomic E-state index is -3.92. The topological polar surface area (TPSA) is 114 Å². The Bertz CT molecular complexity index is 1050. The summed E-state index contributed by atoms with van der Waals surface area (Å²) in [6.45, 7) is 0. The summed E-state index contributed by atoms with van der Waals surface area (Å²) in [5, 5.41) is 5.64. The van der Waals surface area contributed by atoms with E-state index >= 15 is 0 Å². The summed E-state index contributed by atoms with van der Waals surface area (Å²) < 4.78 is 33.2. The maximum atomic E-state index is 12.9. The van der Waals surface area contributed by atoms with Crippen molar-refractivity contribution in [3.8, 4) is 5.75 Å². The van der Waals surface area contributed by atoms with Crippen molar-refractivity contribution in [3.63, 3.8) is 0 Å². The Balaban J connectivity index is 1.72. The molecule has 2 aromatic rings. The Kier molecular flexibility index (Phi) is 8.16. The monoisotopic (exact) mass is 477 g/mol. The van der Waals surface area contributed by atoms with Crippen LogP contribution < -0.4 is 20.1 Å². The van der Waals surface area contributed by atoms with Crippen LogP contribution in [0, 0.1) is 0 Å². The molecule has 3 N–H and O–H groups in total. The summed E-state index contributed by atoms with van der Waals surface area (Å²) >= 11 is 1.51. The number of benzene rings is 2. The van der Waals surface area contributed by atoms with E-state index in [1.165, 1.54) is 31.0 Å². The summed E-state index contributed by atoms with van der Waals surface area (Å²) in [5.41, 5.74) is 0.866. The number of ether oxygens (including phenoxy) is 1. The highest BCUT2D eigenvalue weighted by atomic mass is 32.2. The van der Waals surface area contributed by atoms with E-state index in [0.717, 1.165) is 12.8 Å². The zero-order valence-electron chi connectivity index (χ0n) is 18.0. The molecule has 1 saturated carbocycles. The number of carbonyl (C=O) groups excluding carboxylic acids is 2. The predicted molar refractivity (Wildman–Crippen MR) is 126 cm³/mol. The number of methoxy groups -OCH3 is 1. The van der Waals surface area contributed by atoms with E-state index in [1.54, 1.807) is 36.4 Å². The second kappa shape index (κ2) is 10.8. The van der Waals surface area contributed by atoms with Crippen molar-refractivity contribution < 1.29 is 22.7 Å². The zero-order chi connectivity index (χ0) is 23.1. The minimum absolute atomic E-state index is 0.0407. The van der Waals surface area contributed by atoms with E-state index in [-0.39, 0.29) is 16.8 Å². The molecule has 1 aliphatic carbocycles. The first-order valence-electron chi connectivity index (χ1n) is 10.2. The van der Waals surface area contributed by atoms with Crippen molar-refractivity contribution in [1.29, 1.82) is 0 Å². The number of hydrogen-bond donors (Lipinski definition) is 3. The molecule has 0 saturated heterocycles. The molecule has 0 aliphatic heterocycles. The van der Waals surface area contributed by atoms with Gasteiger partial charge in [-0.05, 0) is 73.7 Å². The Hall–Kier alpha value is -2.56. The van der Waals surface area contributed by atoms with Crippen molar-refractivity contribution in [2.75, 3.05) is 24.4 Å². The molecule has 2 amide bonds. The van der Waals surface area contributed by atoms with Gasteiger partial charge in [0.2, 0.25) is 15.9 Å². The molecule has 1 aliphatic rings. The molecule has 0 bridgehead atoms. The number of carbonyl (C=O) groups is 2. The number of nitrogens with one attached hydrogen (secondary N) is 3. The van der Waals surface area contributed by atoms with Gasteiger partial charge < -0.3 is 15.4 Å². The summed E-state index contributed by atoms with van der Waals surface area (Å²) in [6, 6.07) is 11.8. The number of hydrogen-bond acceptors (Lipinski definition) is 6. The normalized spacial score (nSPS) is 14.4. The van der Waals surface area contributed by atoms with Crippen LogP contribution in [-0.2, 0) is 14.8 Å². The van der Waals surface area contributed by atoms with E-state index in [0.29, 0.717) is 29.2 Å². The highest BCUT2D eigenvalue weighted by Crippen LogP contribution is 2.20. The second-order valence-electron chi connectivity index (χ2n) is 7.45. The Morgan fingerprint density at radius 1 is 1.16 bits per heavy atom. The quantitative estimate of drug-likeness (QED) is 0.459. The van der Waals surface area contributed by atoms with Crippen LogP contribution in [0.3, 0.4) is 0 Å². The number of anilines is 1. The van der Waals surface area contributed by atoms with Crippen LogP contribution in [0.1, 0.15) is 29.6 Å². The Morgan fingerprint density at radius 3 is 2.50 bits per heavy atom.